The SMILES string of the molecule is CC(C)CC(CN)Cc1n[nH]c(=O)[nH]1. The molecule has 1 heterocycles. The van der Waals surface area contributed by atoms with Gasteiger partial charge < -0.3 is 5.73 Å². The second kappa shape index (κ2) is 4.95. The highest BCUT2D eigenvalue weighted by atomic mass is 16.1. The van der Waals surface area contributed by atoms with Crippen molar-refractivity contribution in [2.45, 2.75) is 26.7 Å². The van der Waals surface area contributed by atoms with Crippen LogP contribution in [0.2, 0.25) is 0 Å². The van der Waals surface area contributed by atoms with Crippen LogP contribution in [0.15, 0.2) is 4.79 Å². The second-order valence-corrected chi connectivity index (χ2v) is 4.06. The van der Waals surface area contributed by atoms with Crippen molar-refractivity contribution in [3.63, 3.8) is 0 Å². The van der Waals surface area contributed by atoms with Gasteiger partial charge >= 0.3 is 5.69 Å². The summed E-state index contributed by atoms with van der Waals surface area (Å²) in [5, 5.41) is 6.21. The Morgan fingerprint density at radius 2 is 2.21 bits per heavy atom. The van der Waals surface area contributed by atoms with Crippen molar-refractivity contribution in [2.75, 3.05) is 6.54 Å². The Balaban J connectivity index is 2.52. The number of aromatic nitrogens is 3. The number of nitrogens with one attached hydrogen (secondary N) is 2. The maximum Gasteiger partial charge on any atom is 0.340 e. The molecule has 0 saturated heterocycles. The summed E-state index contributed by atoms with van der Waals surface area (Å²) in [6.45, 7) is 4.96. The molecule has 1 unspecified atom stereocenters. The van der Waals surface area contributed by atoms with Crippen LogP contribution < -0.4 is 11.4 Å². The van der Waals surface area contributed by atoms with E-state index in [1.54, 1.807) is 0 Å². The maximum absolute atomic E-state index is 10.8. The molecule has 1 atom stereocenters. The fourth-order valence-corrected chi connectivity index (χ4v) is 1.60. The summed E-state index contributed by atoms with van der Waals surface area (Å²) in [6, 6.07) is 0. The second-order valence-electron chi connectivity index (χ2n) is 4.06. The minimum absolute atomic E-state index is 0.250. The number of rotatable bonds is 5. The average molecular weight is 198 g/mol. The molecule has 1 rings (SSSR count). The zero-order chi connectivity index (χ0) is 10.6. The third-order valence-corrected chi connectivity index (χ3v) is 2.17. The molecule has 5 heteroatoms. The van der Waals surface area contributed by atoms with Gasteiger partial charge in [0.2, 0.25) is 0 Å². The van der Waals surface area contributed by atoms with Gasteiger partial charge in [-0.25, -0.2) is 9.89 Å². The molecule has 0 bridgehead atoms. The van der Waals surface area contributed by atoms with Gasteiger partial charge in [-0.3, -0.25) is 4.98 Å². The van der Waals surface area contributed by atoms with E-state index in [1.807, 2.05) is 0 Å². The summed E-state index contributed by atoms with van der Waals surface area (Å²) < 4.78 is 0. The number of hydrogen-bond acceptors (Lipinski definition) is 3. The third-order valence-electron chi connectivity index (χ3n) is 2.17. The monoisotopic (exact) mass is 198 g/mol. The summed E-state index contributed by atoms with van der Waals surface area (Å²) in [6.07, 6.45) is 1.80. The molecule has 0 fully saturated rings. The van der Waals surface area contributed by atoms with Crippen molar-refractivity contribution in [3.8, 4) is 0 Å². The molecule has 5 nitrogen and oxygen atoms in total. The maximum atomic E-state index is 10.8. The highest BCUT2D eigenvalue weighted by molar-refractivity contribution is 4.84. The van der Waals surface area contributed by atoms with Crippen molar-refractivity contribution in [3.05, 3.63) is 16.3 Å². The topological polar surface area (TPSA) is 87.6 Å². The molecule has 80 valence electrons. The van der Waals surface area contributed by atoms with Crippen LogP contribution in [0.5, 0.6) is 0 Å². The smallest absolute Gasteiger partial charge is 0.330 e. The molecule has 0 spiro atoms. The summed E-state index contributed by atoms with van der Waals surface area (Å²) in [5.41, 5.74) is 5.40. The van der Waals surface area contributed by atoms with Crippen LogP contribution in [0.4, 0.5) is 0 Å². The van der Waals surface area contributed by atoms with Crippen LogP contribution in [0, 0.1) is 11.8 Å². The molecule has 0 aliphatic rings. The Kier molecular flexibility index (Phi) is 3.88. The first-order valence-corrected chi connectivity index (χ1v) is 4.95. The van der Waals surface area contributed by atoms with Gasteiger partial charge in [-0.05, 0) is 24.8 Å². The van der Waals surface area contributed by atoms with Crippen LogP contribution in [0.25, 0.3) is 0 Å². The van der Waals surface area contributed by atoms with E-state index in [-0.39, 0.29) is 5.69 Å². The molecule has 1 aromatic rings. The standard InChI is InChI=1S/C9H18N4O/c1-6(2)3-7(5-10)4-8-11-9(14)13-12-8/h6-7H,3-5,10H2,1-2H3,(H2,11,12,13,14). The number of H-pyrrole nitrogens is 2. The fourth-order valence-electron chi connectivity index (χ4n) is 1.60. The summed E-state index contributed by atoms with van der Waals surface area (Å²) in [7, 11) is 0. The van der Waals surface area contributed by atoms with Gasteiger partial charge in [0, 0.05) is 6.42 Å². The molecule has 1 aromatic heterocycles. The normalized spacial score (nSPS) is 13.4. The van der Waals surface area contributed by atoms with Crippen LogP contribution in [-0.2, 0) is 6.42 Å². The average Bonchev–Trinajstić information content (AvgIpc) is 2.49. The number of nitrogens with two attached hydrogens (primary N) is 1. The van der Waals surface area contributed by atoms with Gasteiger partial charge in [-0.15, -0.1) is 0 Å². The molecule has 0 radical (unpaired) electrons. The lowest BCUT2D eigenvalue weighted by Crippen LogP contribution is -2.19. The number of nitrogens with zero attached hydrogens (tertiary/aromatic N) is 1. The predicted molar refractivity (Wildman–Crippen MR) is 54.9 cm³/mol. The van der Waals surface area contributed by atoms with Gasteiger partial charge in [-0.2, -0.15) is 5.10 Å². The van der Waals surface area contributed by atoms with E-state index < -0.39 is 0 Å². The highest BCUT2D eigenvalue weighted by Gasteiger charge is 2.11. The molecule has 0 aromatic carbocycles. The van der Waals surface area contributed by atoms with E-state index in [1.165, 1.54) is 0 Å². The van der Waals surface area contributed by atoms with E-state index in [9.17, 15) is 4.79 Å². The fraction of sp³-hybridized carbons (Fsp3) is 0.778. The Hall–Kier alpha value is -1.10. The van der Waals surface area contributed by atoms with E-state index in [4.69, 9.17) is 5.73 Å². The van der Waals surface area contributed by atoms with E-state index in [0.29, 0.717) is 24.2 Å². The largest absolute Gasteiger partial charge is 0.340 e. The van der Waals surface area contributed by atoms with Crippen LogP contribution >= 0.6 is 0 Å². The van der Waals surface area contributed by atoms with Gasteiger partial charge in [0.1, 0.15) is 5.82 Å². The lowest BCUT2D eigenvalue weighted by Gasteiger charge is -2.14. The molecule has 0 aliphatic heterocycles. The summed E-state index contributed by atoms with van der Waals surface area (Å²) >= 11 is 0. The van der Waals surface area contributed by atoms with E-state index >= 15 is 0 Å². The van der Waals surface area contributed by atoms with Crippen LogP contribution in [-0.4, -0.2) is 21.7 Å². The Morgan fingerprint density at radius 1 is 1.50 bits per heavy atom. The first kappa shape index (κ1) is 11.0. The quantitative estimate of drug-likeness (QED) is 0.634. The first-order chi connectivity index (χ1) is 6.61. The first-order valence-electron chi connectivity index (χ1n) is 4.95. The zero-order valence-electron chi connectivity index (χ0n) is 8.71. The lowest BCUT2D eigenvalue weighted by atomic mass is 9.94. The number of hydrogen-bond donors (Lipinski definition) is 3. The lowest BCUT2D eigenvalue weighted by molar-refractivity contribution is 0.409. The molecule has 0 aliphatic carbocycles. The Bertz CT molecular complexity index is 315. The molecule has 0 saturated carbocycles. The minimum atomic E-state index is -0.250. The molecule has 0 amide bonds. The molecular weight excluding hydrogens is 180 g/mol. The van der Waals surface area contributed by atoms with Gasteiger partial charge in [0.15, 0.2) is 0 Å². The molecule has 14 heavy (non-hydrogen) atoms. The number of aromatic amines is 2. The van der Waals surface area contributed by atoms with Crippen molar-refractivity contribution in [1.29, 1.82) is 0 Å². The highest BCUT2D eigenvalue weighted by Crippen LogP contribution is 2.13. The third kappa shape index (κ3) is 3.33. The summed E-state index contributed by atoms with van der Waals surface area (Å²) in [5.74, 6) is 1.72. The van der Waals surface area contributed by atoms with Gasteiger partial charge in [-0.1, -0.05) is 13.8 Å². The molecular formula is C9H18N4O. The predicted octanol–water partition coefficient (Wildman–Crippen LogP) is 0.262. The summed E-state index contributed by atoms with van der Waals surface area (Å²) in [4.78, 5) is 13.4. The van der Waals surface area contributed by atoms with Crippen molar-refractivity contribution < 1.29 is 0 Å². The van der Waals surface area contributed by atoms with E-state index in [0.717, 1.165) is 12.8 Å². The minimum Gasteiger partial charge on any atom is -0.330 e. The van der Waals surface area contributed by atoms with E-state index in [2.05, 4.69) is 29.0 Å². The van der Waals surface area contributed by atoms with Crippen molar-refractivity contribution in [1.82, 2.24) is 15.2 Å². The van der Waals surface area contributed by atoms with Gasteiger partial charge in [0.25, 0.3) is 0 Å². The van der Waals surface area contributed by atoms with Crippen LogP contribution in [0.1, 0.15) is 26.1 Å². The zero-order valence-corrected chi connectivity index (χ0v) is 8.71. The van der Waals surface area contributed by atoms with Crippen LogP contribution in [0.3, 0.4) is 0 Å². The Labute approximate surface area is 83.1 Å². The van der Waals surface area contributed by atoms with Gasteiger partial charge in [0.05, 0.1) is 0 Å². The van der Waals surface area contributed by atoms with Crippen molar-refractivity contribution in [2.24, 2.45) is 17.6 Å². The Morgan fingerprint density at radius 3 is 2.64 bits per heavy atom. The molecule has 4 N–H and O–H groups in total. The van der Waals surface area contributed by atoms with Crippen molar-refractivity contribution >= 4 is 0 Å².